The summed E-state index contributed by atoms with van der Waals surface area (Å²) in [6.07, 6.45) is 2.91. The van der Waals surface area contributed by atoms with E-state index in [1.807, 2.05) is 11.8 Å². The fourth-order valence-corrected chi connectivity index (χ4v) is 4.36. The number of methoxy groups -OCH3 is 1. The van der Waals surface area contributed by atoms with Crippen LogP contribution in [-0.4, -0.2) is 70.9 Å². The van der Waals surface area contributed by atoms with E-state index in [0.29, 0.717) is 25.2 Å². The lowest BCUT2D eigenvalue weighted by Crippen LogP contribution is -2.56. The predicted octanol–water partition coefficient (Wildman–Crippen LogP) is 2.20. The van der Waals surface area contributed by atoms with Crippen LogP contribution in [0, 0.1) is 5.82 Å². The van der Waals surface area contributed by atoms with Crippen LogP contribution in [0.25, 0.3) is 10.9 Å². The summed E-state index contributed by atoms with van der Waals surface area (Å²) in [5, 5.41) is 19.0. The zero-order valence-electron chi connectivity index (χ0n) is 17.7. The zero-order valence-corrected chi connectivity index (χ0v) is 18.5. The number of aromatic carboxylic acids is 1. The van der Waals surface area contributed by atoms with Crippen LogP contribution in [0.3, 0.4) is 0 Å². The molecule has 9 nitrogen and oxygen atoms in total. The number of pyridine rings is 1. The van der Waals surface area contributed by atoms with Crippen molar-refractivity contribution < 1.29 is 28.9 Å². The van der Waals surface area contributed by atoms with Gasteiger partial charge in [0.2, 0.25) is 5.43 Å². The standard InChI is InChI=1S/C21H24FN3O6.ClH/c1-3-23-6-7-24(10-15(23)21(29)30)17-14(22)8-12-16(19(17)31-2)25(11-4-5-11)9-13(18(12)26)20(27)28;/h8-9,11,15H,3-7,10H2,1-2H3,(H,27,28)(H,29,30);1H. The summed E-state index contributed by atoms with van der Waals surface area (Å²) in [5.41, 5.74) is -0.770. The molecular formula is C21H25ClFN3O6. The normalized spacial score (nSPS) is 19.0. The maximum Gasteiger partial charge on any atom is 0.341 e. The number of carbonyl (C=O) groups is 2. The molecule has 1 saturated heterocycles. The zero-order chi connectivity index (χ0) is 22.4. The molecule has 1 aromatic carbocycles. The average Bonchev–Trinajstić information content (AvgIpc) is 3.58. The van der Waals surface area contributed by atoms with Crippen LogP contribution in [0.1, 0.15) is 36.2 Å². The lowest BCUT2D eigenvalue weighted by atomic mass is 10.1. The van der Waals surface area contributed by atoms with Crippen molar-refractivity contribution in [3.8, 4) is 5.75 Å². The molecule has 0 spiro atoms. The Morgan fingerprint density at radius 3 is 2.47 bits per heavy atom. The van der Waals surface area contributed by atoms with Crippen molar-refractivity contribution in [2.45, 2.75) is 31.8 Å². The highest BCUT2D eigenvalue weighted by atomic mass is 35.5. The van der Waals surface area contributed by atoms with Gasteiger partial charge in [-0.05, 0) is 25.5 Å². The van der Waals surface area contributed by atoms with Crippen LogP contribution < -0.4 is 15.1 Å². The summed E-state index contributed by atoms with van der Waals surface area (Å²) in [6, 6.07) is 0.235. The Morgan fingerprint density at radius 2 is 1.94 bits per heavy atom. The molecule has 2 aliphatic rings. The molecule has 0 bridgehead atoms. The molecule has 1 atom stereocenters. The lowest BCUT2D eigenvalue weighted by Gasteiger charge is -2.40. The maximum absolute atomic E-state index is 15.3. The molecule has 1 aliphatic heterocycles. The molecule has 1 saturated carbocycles. The summed E-state index contributed by atoms with van der Waals surface area (Å²) in [4.78, 5) is 39.5. The third-order valence-electron chi connectivity index (χ3n) is 6.07. The summed E-state index contributed by atoms with van der Waals surface area (Å²) >= 11 is 0. The number of carboxylic acids is 2. The first-order valence-electron chi connectivity index (χ1n) is 10.2. The second-order valence-corrected chi connectivity index (χ2v) is 7.88. The van der Waals surface area contributed by atoms with Crippen LogP contribution in [0.5, 0.6) is 5.75 Å². The van der Waals surface area contributed by atoms with Gasteiger partial charge in [0.1, 0.15) is 17.3 Å². The highest BCUT2D eigenvalue weighted by Gasteiger charge is 2.36. The molecule has 1 aromatic heterocycles. The number of fused-ring (bicyclic) bond motifs is 1. The van der Waals surface area contributed by atoms with E-state index in [-0.39, 0.29) is 41.8 Å². The number of ether oxygens (including phenoxy) is 1. The Hall–Kier alpha value is -2.85. The summed E-state index contributed by atoms with van der Waals surface area (Å²) in [6.45, 7) is 3.31. The number of piperazine rings is 1. The fourth-order valence-electron chi connectivity index (χ4n) is 4.36. The molecular weight excluding hydrogens is 445 g/mol. The molecule has 11 heteroatoms. The summed E-state index contributed by atoms with van der Waals surface area (Å²) in [7, 11) is 1.36. The molecule has 32 heavy (non-hydrogen) atoms. The molecule has 0 amide bonds. The van der Waals surface area contributed by atoms with Gasteiger partial charge in [-0.2, -0.15) is 0 Å². The van der Waals surface area contributed by atoms with Gasteiger partial charge in [0, 0.05) is 31.9 Å². The minimum Gasteiger partial charge on any atom is -0.492 e. The van der Waals surface area contributed by atoms with E-state index in [1.54, 1.807) is 9.47 Å². The molecule has 4 rings (SSSR count). The average molecular weight is 470 g/mol. The van der Waals surface area contributed by atoms with E-state index < -0.39 is 34.8 Å². The van der Waals surface area contributed by atoms with Crippen LogP contribution in [0.15, 0.2) is 17.1 Å². The fraction of sp³-hybridized carbons (Fsp3) is 0.476. The van der Waals surface area contributed by atoms with Gasteiger partial charge in [0.25, 0.3) is 0 Å². The van der Waals surface area contributed by atoms with Gasteiger partial charge >= 0.3 is 11.9 Å². The summed E-state index contributed by atoms with van der Waals surface area (Å²) in [5.74, 6) is -3.00. The second-order valence-electron chi connectivity index (χ2n) is 7.88. The first-order valence-corrected chi connectivity index (χ1v) is 10.2. The number of aliphatic carboxylic acids is 1. The largest absolute Gasteiger partial charge is 0.492 e. The van der Waals surface area contributed by atoms with Crippen molar-refractivity contribution >= 4 is 40.9 Å². The van der Waals surface area contributed by atoms with Crippen LogP contribution >= 0.6 is 12.4 Å². The van der Waals surface area contributed by atoms with Gasteiger partial charge in [-0.3, -0.25) is 14.5 Å². The molecule has 2 fully saturated rings. The van der Waals surface area contributed by atoms with Gasteiger partial charge in [-0.1, -0.05) is 6.92 Å². The SMILES string of the molecule is CCN1CCN(c2c(F)cc3c(=O)c(C(=O)O)cn(C4CC4)c3c2OC)CC1C(=O)O.Cl. The number of likely N-dealkylation sites (N-methyl/N-ethyl adjacent to an activating group) is 1. The number of nitrogens with zero attached hydrogens (tertiary/aromatic N) is 3. The molecule has 1 aliphatic carbocycles. The van der Waals surface area contributed by atoms with Gasteiger partial charge in [-0.15, -0.1) is 12.4 Å². The first-order chi connectivity index (χ1) is 14.8. The number of anilines is 1. The van der Waals surface area contributed by atoms with Crippen molar-refractivity contribution in [2.75, 3.05) is 38.2 Å². The monoisotopic (exact) mass is 469 g/mol. The smallest absolute Gasteiger partial charge is 0.341 e. The lowest BCUT2D eigenvalue weighted by molar-refractivity contribution is -0.143. The van der Waals surface area contributed by atoms with E-state index in [0.717, 1.165) is 18.9 Å². The van der Waals surface area contributed by atoms with E-state index in [4.69, 9.17) is 4.74 Å². The highest BCUT2D eigenvalue weighted by molar-refractivity contribution is 5.97. The molecule has 0 radical (unpaired) electrons. The molecule has 174 valence electrons. The van der Waals surface area contributed by atoms with E-state index >= 15 is 4.39 Å². The predicted molar refractivity (Wildman–Crippen MR) is 118 cm³/mol. The van der Waals surface area contributed by atoms with Crippen molar-refractivity contribution in [3.05, 3.63) is 33.9 Å². The minimum atomic E-state index is -1.37. The molecule has 1 unspecified atom stereocenters. The number of hydrogen-bond acceptors (Lipinski definition) is 6. The topological polar surface area (TPSA) is 112 Å². The van der Waals surface area contributed by atoms with E-state index in [9.17, 15) is 24.6 Å². The van der Waals surface area contributed by atoms with Gasteiger partial charge in [0.15, 0.2) is 11.6 Å². The molecule has 2 aromatic rings. The van der Waals surface area contributed by atoms with Gasteiger partial charge in [0.05, 0.1) is 18.0 Å². The third-order valence-corrected chi connectivity index (χ3v) is 6.07. The Morgan fingerprint density at radius 1 is 1.25 bits per heavy atom. The number of hydrogen-bond donors (Lipinski definition) is 2. The second kappa shape index (κ2) is 8.95. The Kier molecular flexibility index (Phi) is 6.66. The maximum atomic E-state index is 15.3. The number of benzene rings is 1. The third kappa shape index (κ3) is 3.88. The quantitative estimate of drug-likeness (QED) is 0.662. The van der Waals surface area contributed by atoms with Crippen molar-refractivity contribution in [3.63, 3.8) is 0 Å². The van der Waals surface area contributed by atoms with E-state index in [2.05, 4.69) is 0 Å². The van der Waals surface area contributed by atoms with Crippen molar-refractivity contribution in [1.29, 1.82) is 0 Å². The van der Waals surface area contributed by atoms with E-state index in [1.165, 1.54) is 13.3 Å². The number of rotatable bonds is 6. The van der Waals surface area contributed by atoms with Gasteiger partial charge < -0.3 is 24.4 Å². The number of carboxylic acid groups (broad SMARTS) is 2. The number of halogens is 2. The molecule has 2 heterocycles. The Balaban J connectivity index is 0.00000289. The minimum absolute atomic E-state index is 0. The van der Waals surface area contributed by atoms with Crippen molar-refractivity contribution in [2.24, 2.45) is 0 Å². The Bertz CT molecular complexity index is 1130. The van der Waals surface area contributed by atoms with Crippen LogP contribution in [-0.2, 0) is 4.79 Å². The van der Waals surface area contributed by atoms with Crippen molar-refractivity contribution in [1.82, 2.24) is 9.47 Å². The molecule has 2 N–H and O–H groups in total. The Labute approximate surface area is 189 Å². The first kappa shape index (κ1) is 23.8. The van der Waals surface area contributed by atoms with Gasteiger partial charge in [-0.25, -0.2) is 9.18 Å². The summed E-state index contributed by atoms with van der Waals surface area (Å²) < 4.78 is 22.6. The van der Waals surface area contributed by atoms with Crippen LogP contribution in [0.4, 0.5) is 10.1 Å². The highest BCUT2D eigenvalue weighted by Crippen LogP contribution is 2.44. The van der Waals surface area contributed by atoms with Crippen LogP contribution in [0.2, 0.25) is 0 Å². The number of aromatic nitrogens is 1.